The molecule has 1 aliphatic heterocycles. The molecule has 7 nitrogen and oxygen atoms in total. The van der Waals surface area contributed by atoms with Crippen molar-refractivity contribution in [1.82, 2.24) is 13.6 Å². The minimum atomic E-state index is -1.12. The van der Waals surface area contributed by atoms with Crippen LogP contribution in [0.3, 0.4) is 0 Å². The van der Waals surface area contributed by atoms with Gasteiger partial charge in [-0.15, -0.1) is 0 Å². The van der Waals surface area contributed by atoms with Crippen LogP contribution in [0, 0.1) is 0 Å². The smallest absolute Gasteiger partial charge is 0.326 e. The number of carbonyl (C=O) groups excluding carboxylic acids is 1. The van der Waals surface area contributed by atoms with Gasteiger partial charge in [0.1, 0.15) is 6.04 Å². The van der Waals surface area contributed by atoms with Crippen molar-refractivity contribution in [2.75, 3.05) is 6.54 Å². The van der Waals surface area contributed by atoms with Crippen LogP contribution in [0.1, 0.15) is 16.9 Å². The van der Waals surface area contributed by atoms with Crippen molar-refractivity contribution < 1.29 is 19.8 Å². The second kappa shape index (κ2) is 4.14. The van der Waals surface area contributed by atoms with Gasteiger partial charge in [-0.3, -0.25) is 4.79 Å². The van der Waals surface area contributed by atoms with E-state index in [9.17, 15) is 14.7 Å². The van der Waals surface area contributed by atoms with Gasteiger partial charge in [-0.25, -0.2) is 4.79 Å². The number of β-amino-alcohol motifs (C(OH)–C–C–N with tert-alkyl or cyclic N) is 1. The molecule has 0 radical (unpaired) electrons. The maximum Gasteiger partial charge on any atom is 0.326 e. The van der Waals surface area contributed by atoms with E-state index in [0.29, 0.717) is 0 Å². The van der Waals surface area contributed by atoms with Crippen LogP contribution in [0.2, 0.25) is 0 Å². The molecule has 2 rings (SSSR count). The molecule has 0 aliphatic carbocycles. The van der Waals surface area contributed by atoms with Gasteiger partial charge in [0.2, 0.25) is 0 Å². The van der Waals surface area contributed by atoms with Gasteiger partial charge in [0.15, 0.2) is 5.69 Å². The molecule has 0 aromatic carbocycles. The zero-order valence-electron chi connectivity index (χ0n) is 8.11. The summed E-state index contributed by atoms with van der Waals surface area (Å²) in [6.07, 6.45) is 0.548. The molecular formula is C8H9N3O4S. The number of aliphatic hydroxyl groups is 1. The maximum absolute atomic E-state index is 11.8. The van der Waals surface area contributed by atoms with Crippen LogP contribution in [0.15, 0.2) is 6.20 Å². The standard InChI is InChI=1S/C8H9N3O4S/c12-4-1-6(8(14)15)11(3-4)7(13)5-2-9-16-10-5/h2,4,6,12H,1,3H2,(H,14,15)/t4-,6-/m0/s1. The topological polar surface area (TPSA) is 104 Å². The van der Waals surface area contributed by atoms with E-state index >= 15 is 0 Å². The highest BCUT2D eigenvalue weighted by atomic mass is 32.1. The lowest BCUT2D eigenvalue weighted by molar-refractivity contribution is -0.141. The number of carbonyl (C=O) groups is 2. The second-order valence-corrected chi connectivity index (χ2v) is 4.05. The molecule has 1 fully saturated rings. The van der Waals surface area contributed by atoms with Crippen molar-refractivity contribution >= 4 is 23.6 Å². The molecule has 0 spiro atoms. The summed E-state index contributed by atoms with van der Waals surface area (Å²) in [5, 5.41) is 18.3. The molecule has 2 heterocycles. The lowest BCUT2D eigenvalue weighted by Gasteiger charge is -2.19. The van der Waals surface area contributed by atoms with Gasteiger partial charge < -0.3 is 15.1 Å². The van der Waals surface area contributed by atoms with E-state index in [-0.39, 0.29) is 18.7 Å². The maximum atomic E-state index is 11.8. The number of aromatic nitrogens is 2. The largest absolute Gasteiger partial charge is 0.480 e. The van der Waals surface area contributed by atoms with Crippen molar-refractivity contribution in [3.63, 3.8) is 0 Å². The van der Waals surface area contributed by atoms with E-state index in [4.69, 9.17) is 5.11 Å². The number of aliphatic hydroxyl groups excluding tert-OH is 1. The third-order valence-electron chi connectivity index (χ3n) is 2.41. The normalized spacial score (nSPS) is 24.7. The highest BCUT2D eigenvalue weighted by Gasteiger charge is 2.39. The van der Waals surface area contributed by atoms with Crippen LogP contribution in [0.4, 0.5) is 0 Å². The molecule has 0 unspecified atom stereocenters. The minimum absolute atomic E-state index is 0.0212. The van der Waals surface area contributed by atoms with E-state index in [1.807, 2.05) is 0 Å². The van der Waals surface area contributed by atoms with Gasteiger partial charge >= 0.3 is 5.97 Å². The quantitative estimate of drug-likeness (QED) is 0.704. The molecule has 1 saturated heterocycles. The first-order valence-electron chi connectivity index (χ1n) is 4.59. The lowest BCUT2D eigenvalue weighted by atomic mass is 10.2. The fourth-order valence-corrected chi connectivity index (χ4v) is 2.09. The molecule has 1 aliphatic rings. The van der Waals surface area contributed by atoms with Crippen molar-refractivity contribution in [1.29, 1.82) is 0 Å². The predicted molar refractivity (Wildman–Crippen MR) is 53.0 cm³/mol. The lowest BCUT2D eigenvalue weighted by Crippen LogP contribution is -2.40. The first kappa shape index (κ1) is 11.0. The van der Waals surface area contributed by atoms with Crippen molar-refractivity contribution in [2.24, 2.45) is 0 Å². The second-order valence-electron chi connectivity index (χ2n) is 3.49. The highest BCUT2D eigenvalue weighted by Crippen LogP contribution is 2.20. The Bertz CT molecular complexity index is 407. The summed E-state index contributed by atoms with van der Waals surface area (Å²) in [4.78, 5) is 23.8. The van der Waals surface area contributed by atoms with E-state index in [1.165, 1.54) is 6.20 Å². The molecule has 1 amide bonds. The Morgan fingerprint density at radius 3 is 2.88 bits per heavy atom. The van der Waals surface area contributed by atoms with Gasteiger partial charge in [0.05, 0.1) is 24.0 Å². The fourth-order valence-electron chi connectivity index (χ4n) is 1.68. The van der Waals surface area contributed by atoms with Gasteiger partial charge in [-0.1, -0.05) is 0 Å². The summed E-state index contributed by atoms with van der Waals surface area (Å²) >= 11 is 0.880. The molecule has 1 aromatic heterocycles. The van der Waals surface area contributed by atoms with E-state index in [2.05, 4.69) is 8.75 Å². The number of carboxylic acid groups (broad SMARTS) is 1. The van der Waals surface area contributed by atoms with Gasteiger partial charge in [-0.2, -0.15) is 8.75 Å². The number of hydrogen-bond donors (Lipinski definition) is 2. The van der Waals surface area contributed by atoms with Gasteiger partial charge in [0.25, 0.3) is 5.91 Å². The average molecular weight is 243 g/mol. The molecule has 2 atom stereocenters. The van der Waals surface area contributed by atoms with Crippen molar-refractivity contribution in [3.05, 3.63) is 11.9 Å². The Labute approximate surface area is 94.6 Å². The zero-order valence-corrected chi connectivity index (χ0v) is 8.92. The number of likely N-dealkylation sites (tertiary alicyclic amines) is 1. The summed E-state index contributed by atoms with van der Waals surface area (Å²) in [6.45, 7) is 0.0212. The number of nitrogens with zero attached hydrogens (tertiary/aromatic N) is 3. The SMILES string of the molecule is O=C(O)[C@@H]1C[C@H](O)CN1C(=O)c1cnsn1. The Morgan fingerprint density at radius 2 is 2.31 bits per heavy atom. The molecule has 86 valence electrons. The average Bonchev–Trinajstić information content (AvgIpc) is 2.84. The van der Waals surface area contributed by atoms with Crippen LogP contribution in [-0.2, 0) is 4.79 Å². The first-order valence-corrected chi connectivity index (χ1v) is 5.32. The molecule has 16 heavy (non-hydrogen) atoms. The fraction of sp³-hybridized carbons (Fsp3) is 0.500. The van der Waals surface area contributed by atoms with Gasteiger partial charge in [-0.05, 0) is 0 Å². The summed E-state index contributed by atoms with van der Waals surface area (Å²) in [6, 6.07) is -0.982. The monoisotopic (exact) mass is 243 g/mol. The Hall–Kier alpha value is -1.54. The summed E-state index contributed by atoms with van der Waals surface area (Å²) < 4.78 is 7.42. The van der Waals surface area contributed by atoms with E-state index < -0.39 is 24.0 Å². The summed E-state index contributed by atoms with van der Waals surface area (Å²) in [5.41, 5.74) is 0.116. The van der Waals surface area contributed by atoms with Crippen molar-refractivity contribution in [2.45, 2.75) is 18.6 Å². The first-order chi connectivity index (χ1) is 7.59. The Morgan fingerprint density at radius 1 is 1.56 bits per heavy atom. The van der Waals surface area contributed by atoms with E-state index in [0.717, 1.165) is 16.6 Å². The molecule has 1 aromatic rings. The third-order valence-corrected chi connectivity index (χ3v) is 2.88. The summed E-state index contributed by atoms with van der Waals surface area (Å²) in [5.74, 6) is -1.62. The summed E-state index contributed by atoms with van der Waals surface area (Å²) in [7, 11) is 0. The van der Waals surface area contributed by atoms with E-state index in [1.54, 1.807) is 0 Å². The molecule has 8 heteroatoms. The van der Waals surface area contributed by atoms with Gasteiger partial charge in [0, 0.05) is 13.0 Å². The molecule has 0 saturated carbocycles. The highest BCUT2D eigenvalue weighted by molar-refractivity contribution is 6.99. The van der Waals surface area contributed by atoms with Crippen LogP contribution >= 0.6 is 11.7 Å². The molecule has 2 N–H and O–H groups in total. The Kier molecular flexibility index (Phi) is 2.84. The number of rotatable bonds is 2. The molecule has 0 bridgehead atoms. The van der Waals surface area contributed by atoms with Crippen LogP contribution in [0.25, 0.3) is 0 Å². The number of aliphatic carboxylic acids is 1. The molecular weight excluding hydrogens is 234 g/mol. The van der Waals surface area contributed by atoms with Crippen LogP contribution in [0.5, 0.6) is 0 Å². The van der Waals surface area contributed by atoms with Crippen LogP contribution < -0.4 is 0 Å². The number of carboxylic acids is 1. The van der Waals surface area contributed by atoms with Crippen molar-refractivity contribution in [3.8, 4) is 0 Å². The number of amides is 1. The van der Waals surface area contributed by atoms with Crippen LogP contribution in [-0.4, -0.2) is 54.4 Å². The zero-order chi connectivity index (χ0) is 11.7. The minimum Gasteiger partial charge on any atom is -0.480 e. The third kappa shape index (κ3) is 1.89. The predicted octanol–water partition coefficient (Wildman–Crippen LogP) is -0.802. The number of hydrogen-bond acceptors (Lipinski definition) is 6. The Balaban J connectivity index is 2.20.